The summed E-state index contributed by atoms with van der Waals surface area (Å²) in [5, 5.41) is 1.83. The number of benzene rings is 3. The molecular formula is C28H26N4O3. The number of pyridine rings is 2. The van der Waals surface area contributed by atoms with E-state index in [9.17, 15) is 0 Å². The molecule has 7 heteroatoms. The first-order valence-electron chi connectivity index (χ1n) is 11.4. The van der Waals surface area contributed by atoms with Crippen LogP contribution in [0.5, 0.6) is 11.5 Å². The van der Waals surface area contributed by atoms with Gasteiger partial charge in [0.2, 0.25) is 0 Å². The quantitative estimate of drug-likeness (QED) is 0.292. The van der Waals surface area contributed by atoms with Gasteiger partial charge in [-0.3, -0.25) is 0 Å². The summed E-state index contributed by atoms with van der Waals surface area (Å²) in [7, 11) is 0. The number of nitrogens with two attached hydrogens (primary N) is 2. The monoisotopic (exact) mass is 466 g/mol. The van der Waals surface area contributed by atoms with Gasteiger partial charge in [-0.05, 0) is 59.7 Å². The highest BCUT2D eigenvalue weighted by atomic mass is 16.5. The lowest BCUT2D eigenvalue weighted by Gasteiger charge is -2.13. The zero-order valence-corrected chi connectivity index (χ0v) is 19.2. The molecule has 5 aromatic rings. The molecule has 0 fully saturated rings. The molecule has 0 atom stereocenters. The molecule has 0 aliphatic rings. The minimum Gasteiger partial charge on any atom is -0.490 e. The Morgan fingerprint density at radius 1 is 0.543 bits per heavy atom. The molecule has 7 nitrogen and oxygen atoms in total. The minimum atomic E-state index is 0.398. The number of hydrogen-bond donors (Lipinski definition) is 2. The van der Waals surface area contributed by atoms with Gasteiger partial charge < -0.3 is 25.7 Å². The number of fused-ring (bicyclic) bond motifs is 2. The molecule has 0 saturated heterocycles. The van der Waals surface area contributed by atoms with Crippen LogP contribution in [0, 0.1) is 0 Å². The molecule has 0 aliphatic heterocycles. The van der Waals surface area contributed by atoms with Crippen molar-refractivity contribution in [3.05, 3.63) is 84.9 Å². The van der Waals surface area contributed by atoms with Crippen LogP contribution in [0.25, 0.3) is 32.9 Å². The van der Waals surface area contributed by atoms with E-state index in [2.05, 4.69) is 22.1 Å². The Hall–Kier alpha value is -4.36. The average Bonchev–Trinajstić information content (AvgIpc) is 2.88. The van der Waals surface area contributed by atoms with Crippen LogP contribution in [0.3, 0.4) is 0 Å². The molecule has 0 amide bonds. The standard InChI is InChI=1S/C28H26N4O3/c29-27-11-9-21-23(31-27)7-4-8-25(21)34-15-13-33-14-16-35-26-18-20(19-5-2-1-3-6-19)17-24-22(26)10-12-28(30)32-24/h1-12,17-18H,13-16H2,(H2,29,31)(H2,30,32). The van der Waals surface area contributed by atoms with Gasteiger partial charge in [0.15, 0.2) is 0 Å². The second kappa shape index (κ2) is 10.3. The maximum absolute atomic E-state index is 6.09. The first-order valence-corrected chi connectivity index (χ1v) is 11.4. The Morgan fingerprint density at radius 3 is 1.94 bits per heavy atom. The number of nitrogen functional groups attached to an aromatic ring is 2. The third-order valence-electron chi connectivity index (χ3n) is 5.58. The van der Waals surface area contributed by atoms with E-state index >= 15 is 0 Å². The van der Waals surface area contributed by atoms with Gasteiger partial charge in [-0.15, -0.1) is 0 Å². The van der Waals surface area contributed by atoms with Gasteiger partial charge in [-0.1, -0.05) is 36.4 Å². The Morgan fingerprint density at radius 2 is 1.20 bits per heavy atom. The number of nitrogens with zero attached hydrogens (tertiary/aromatic N) is 2. The summed E-state index contributed by atoms with van der Waals surface area (Å²) < 4.78 is 17.7. The third-order valence-corrected chi connectivity index (χ3v) is 5.58. The van der Waals surface area contributed by atoms with E-state index in [0.717, 1.165) is 44.4 Å². The van der Waals surface area contributed by atoms with Gasteiger partial charge in [0, 0.05) is 10.8 Å². The van der Waals surface area contributed by atoms with Crippen LogP contribution in [-0.2, 0) is 4.74 Å². The molecule has 0 aliphatic carbocycles. The molecule has 3 aromatic carbocycles. The summed E-state index contributed by atoms with van der Waals surface area (Å²) in [5.74, 6) is 2.46. The van der Waals surface area contributed by atoms with Crippen LogP contribution in [0.4, 0.5) is 11.6 Å². The molecule has 0 bridgehead atoms. The van der Waals surface area contributed by atoms with Gasteiger partial charge >= 0.3 is 0 Å². The maximum atomic E-state index is 6.09. The number of hydrogen-bond acceptors (Lipinski definition) is 7. The van der Waals surface area contributed by atoms with E-state index in [0.29, 0.717) is 38.1 Å². The molecule has 2 heterocycles. The van der Waals surface area contributed by atoms with Gasteiger partial charge in [0.05, 0.1) is 24.2 Å². The lowest BCUT2D eigenvalue weighted by molar-refractivity contribution is 0.0771. The van der Waals surface area contributed by atoms with Gasteiger partial charge in [-0.2, -0.15) is 0 Å². The van der Waals surface area contributed by atoms with Crippen molar-refractivity contribution >= 4 is 33.4 Å². The van der Waals surface area contributed by atoms with Crippen LogP contribution < -0.4 is 20.9 Å². The summed E-state index contributed by atoms with van der Waals surface area (Å²) in [5.41, 5.74) is 15.4. The van der Waals surface area contributed by atoms with Crippen molar-refractivity contribution in [2.24, 2.45) is 0 Å². The van der Waals surface area contributed by atoms with Crippen LogP contribution in [0.2, 0.25) is 0 Å². The van der Waals surface area contributed by atoms with E-state index in [4.69, 9.17) is 25.7 Å². The van der Waals surface area contributed by atoms with Crippen molar-refractivity contribution in [2.75, 3.05) is 37.9 Å². The summed E-state index contributed by atoms with van der Waals surface area (Å²) in [6.45, 7) is 1.68. The van der Waals surface area contributed by atoms with Crippen molar-refractivity contribution < 1.29 is 14.2 Å². The molecule has 0 unspecified atom stereocenters. The van der Waals surface area contributed by atoms with Crippen molar-refractivity contribution in [3.8, 4) is 22.6 Å². The lowest BCUT2D eigenvalue weighted by atomic mass is 10.0. The average molecular weight is 467 g/mol. The Bertz CT molecular complexity index is 1460. The number of aromatic nitrogens is 2. The molecule has 0 saturated carbocycles. The molecular weight excluding hydrogens is 440 g/mol. The number of ether oxygens (including phenoxy) is 3. The molecule has 35 heavy (non-hydrogen) atoms. The highest BCUT2D eigenvalue weighted by Gasteiger charge is 2.09. The molecule has 2 aromatic heterocycles. The van der Waals surface area contributed by atoms with Crippen LogP contribution in [0.1, 0.15) is 0 Å². The van der Waals surface area contributed by atoms with E-state index in [1.807, 2.05) is 60.7 Å². The second-order valence-electron chi connectivity index (χ2n) is 8.01. The molecule has 0 spiro atoms. The SMILES string of the molecule is Nc1ccc2c(OCCOCCOc3cc(-c4ccccc4)cc4nc(N)ccc34)cccc2n1. The van der Waals surface area contributed by atoms with Crippen molar-refractivity contribution in [1.29, 1.82) is 0 Å². The minimum absolute atomic E-state index is 0.398. The van der Waals surface area contributed by atoms with Gasteiger partial charge in [0.1, 0.15) is 36.3 Å². The zero-order valence-electron chi connectivity index (χ0n) is 19.2. The first-order chi connectivity index (χ1) is 17.2. The van der Waals surface area contributed by atoms with E-state index in [1.165, 1.54) is 0 Å². The molecule has 4 N–H and O–H groups in total. The fourth-order valence-electron chi connectivity index (χ4n) is 3.93. The van der Waals surface area contributed by atoms with Gasteiger partial charge in [-0.25, -0.2) is 9.97 Å². The smallest absolute Gasteiger partial charge is 0.129 e. The highest BCUT2D eigenvalue weighted by molar-refractivity contribution is 5.91. The zero-order chi connectivity index (χ0) is 24.0. The van der Waals surface area contributed by atoms with Crippen LogP contribution >= 0.6 is 0 Å². The summed E-state index contributed by atoms with van der Waals surface area (Å²) in [6.07, 6.45) is 0. The predicted octanol–water partition coefficient (Wildman–Crippen LogP) is 5.09. The van der Waals surface area contributed by atoms with Crippen molar-refractivity contribution in [2.45, 2.75) is 0 Å². The summed E-state index contributed by atoms with van der Waals surface area (Å²) in [4.78, 5) is 8.81. The van der Waals surface area contributed by atoms with E-state index in [1.54, 1.807) is 12.1 Å². The van der Waals surface area contributed by atoms with E-state index < -0.39 is 0 Å². The van der Waals surface area contributed by atoms with Crippen molar-refractivity contribution in [3.63, 3.8) is 0 Å². The number of anilines is 2. The summed E-state index contributed by atoms with van der Waals surface area (Å²) in [6, 6.07) is 27.3. The fourth-order valence-corrected chi connectivity index (χ4v) is 3.93. The van der Waals surface area contributed by atoms with Crippen LogP contribution in [-0.4, -0.2) is 36.4 Å². The highest BCUT2D eigenvalue weighted by Crippen LogP contribution is 2.32. The Labute approximate surface area is 203 Å². The number of rotatable bonds is 9. The second-order valence-corrected chi connectivity index (χ2v) is 8.01. The summed E-state index contributed by atoms with van der Waals surface area (Å²) >= 11 is 0. The third kappa shape index (κ3) is 5.26. The lowest BCUT2D eigenvalue weighted by Crippen LogP contribution is -2.12. The Kier molecular flexibility index (Phi) is 6.59. The first kappa shape index (κ1) is 22.4. The maximum Gasteiger partial charge on any atom is 0.129 e. The fraction of sp³-hybridized carbons (Fsp3) is 0.143. The predicted molar refractivity (Wildman–Crippen MR) is 140 cm³/mol. The van der Waals surface area contributed by atoms with Crippen LogP contribution in [0.15, 0.2) is 84.9 Å². The molecule has 5 rings (SSSR count). The Balaban J connectivity index is 1.18. The molecule has 0 radical (unpaired) electrons. The topological polar surface area (TPSA) is 106 Å². The van der Waals surface area contributed by atoms with E-state index in [-0.39, 0.29) is 0 Å². The largest absolute Gasteiger partial charge is 0.490 e. The van der Waals surface area contributed by atoms with Crippen molar-refractivity contribution in [1.82, 2.24) is 9.97 Å². The van der Waals surface area contributed by atoms with Gasteiger partial charge in [0.25, 0.3) is 0 Å². The normalized spacial score (nSPS) is 11.1. The molecule has 176 valence electrons.